The Bertz CT molecular complexity index is 689. The fraction of sp³-hybridized carbons (Fsp3) is 0.412. The van der Waals surface area contributed by atoms with Crippen LogP contribution in [0.4, 0.5) is 16.2 Å². The molecule has 1 aliphatic rings. The molecule has 1 unspecified atom stereocenters. The fourth-order valence-electron chi connectivity index (χ4n) is 2.51. The summed E-state index contributed by atoms with van der Waals surface area (Å²) in [7, 11) is 0. The minimum absolute atomic E-state index is 0.0422. The molecule has 1 aromatic rings. The van der Waals surface area contributed by atoms with Crippen LogP contribution in [0.3, 0.4) is 0 Å². The summed E-state index contributed by atoms with van der Waals surface area (Å²) >= 11 is 0. The van der Waals surface area contributed by atoms with Gasteiger partial charge in [0, 0.05) is 18.3 Å². The Morgan fingerprint density at radius 2 is 1.73 bits per heavy atom. The Morgan fingerprint density at radius 1 is 1.12 bits per heavy atom. The Labute approximate surface area is 151 Å². The van der Waals surface area contributed by atoms with E-state index in [2.05, 4.69) is 10.6 Å². The highest BCUT2D eigenvalue weighted by Gasteiger charge is 2.31. The zero-order chi connectivity index (χ0) is 19.1. The van der Waals surface area contributed by atoms with Crippen LogP contribution in [-0.2, 0) is 19.1 Å². The minimum Gasteiger partial charge on any atom is -0.447 e. The highest BCUT2D eigenvalue weighted by molar-refractivity contribution is 5.94. The largest absolute Gasteiger partial charge is 0.447 e. The summed E-state index contributed by atoms with van der Waals surface area (Å²) in [6, 6.07) is 6.73. The van der Waals surface area contributed by atoms with E-state index >= 15 is 0 Å². The number of amides is 4. The maximum atomic E-state index is 12.2. The number of hydrogen-bond donors (Lipinski definition) is 3. The number of nitrogens with one attached hydrogen (secondary N) is 3. The first-order valence-corrected chi connectivity index (χ1v) is 8.37. The summed E-state index contributed by atoms with van der Waals surface area (Å²) in [6.45, 7) is 4.44. The van der Waals surface area contributed by atoms with Gasteiger partial charge in [-0.25, -0.2) is 9.69 Å². The summed E-state index contributed by atoms with van der Waals surface area (Å²) in [5.74, 6) is -0.766. The van der Waals surface area contributed by atoms with Crippen LogP contribution in [0.1, 0.15) is 13.8 Å². The van der Waals surface area contributed by atoms with Crippen molar-refractivity contribution in [2.45, 2.75) is 13.8 Å². The molecular weight excluding hydrogens is 340 g/mol. The lowest BCUT2D eigenvalue weighted by Crippen LogP contribution is -3.14. The number of quaternary nitrogens is 1. The van der Waals surface area contributed by atoms with Crippen LogP contribution in [0.5, 0.6) is 0 Å². The molecule has 1 heterocycles. The van der Waals surface area contributed by atoms with Gasteiger partial charge in [-0.3, -0.25) is 14.4 Å². The molecule has 1 aromatic carbocycles. The van der Waals surface area contributed by atoms with Crippen molar-refractivity contribution < 1.29 is 28.8 Å². The summed E-state index contributed by atoms with van der Waals surface area (Å²) in [5.41, 5.74) is 1.23. The highest BCUT2D eigenvalue weighted by Crippen LogP contribution is 2.13. The summed E-state index contributed by atoms with van der Waals surface area (Å²) in [6.07, 6.45) is -0.630. The number of benzene rings is 1. The molecule has 26 heavy (non-hydrogen) atoms. The van der Waals surface area contributed by atoms with E-state index in [1.807, 2.05) is 6.92 Å². The molecule has 1 aliphatic heterocycles. The predicted molar refractivity (Wildman–Crippen MR) is 93.7 cm³/mol. The SMILES string of the molecule is CC[NH+](CC(=O)Nc1ccc(NC(C)=O)cc1)CC(=O)N1CCOC1=O. The Morgan fingerprint density at radius 3 is 2.23 bits per heavy atom. The zero-order valence-corrected chi connectivity index (χ0v) is 14.8. The average molecular weight is 363 g/mol. The predicted octanol–water partition coefficient (Wildman–Crippen LogP) is -0.533. The van der Waals surface area contributed by atoms with Crippen LogP contribution < -0.4 is 15.5 Å². The van der Waals surface area contributed by atoms with Gasteiger partial charge in [-0.05, 0) is 31.2 Å². The van der Waals surface area contributed by atoms with Crippen LogP contribution in [0.15, 0.2) is 24.3 Å². The van der Waals surface area contributed by atoms with Gasteiger partial charge in [-0.1, -0.05) is 0 Å². The molecule has 9 nitrogen and oxygen atoms in total. The Kier molecular flexibility index (Phi) is 6.67. The molecule has 0 bridgehead atoms. The number of nitrogens with zero attached hydrogens (tertiary/aromatic N) is 1. The van der Waals surface area contributed by atoms with Crippen LogP contribution in [0.2, 0.25) is 0 Å². The van der Waals surface area contributed by atoms with Crippen molar-refractivity contribution in [2.75, 3.05) is 43.4 Å². The normalized spacial score (nSPS) is 14.5. The monoisotopic (exact) mass is 363 g/mol. The molecule has 9 heteroatoms. The topological polar surface area (TPSA) is 109 Å². The van der Waals surface area contributed by atoms with Crippen LogP contribution in [0, 0.1) is 0 Å². The van der Waals surface area contributed by atoms with Gasteiger partial charge in [0.05, 0.1) is 13.1 Å². The third-order valence-corrected chi connectivity index (χ3v) is 3.86. The molecule has 0 spiro atoms. The molecule has 0 aromatic heterocycles. The molecule has 0 saturated carbocycles. The lowest BCUT2D eigenvalue weighted by atomic mass is 10.2. The average Bonchev–Trinajstić information content (AvgIpc) is 3.01. The second-order valence-corrected chi connectivity index (χ2v) is 5.92. The molecule has 4 amide bonds. The number of anilines is 2. The van der Waals surface area contributed by atoms with Gasteiger partial charge in [0.1, 0.15) is 6.61 Å². The first-order valence-electron chi connectivity index (χ1n) is 8.37. The number of carbonyl (C=O) groups excluding carboxylic acids is 4. The van der Waals surface area contributed by atoms with Gasteiger partial charge in [0.25, 0.3) is 11.8 Å². The van der Waals surface area contributed by atoms with E-state index in [4.69, 9.17) is 4.74 Å². The number of imide groups is 1. The molecule has 3 N–H and O–H groups in total. The fourth-order valence-corrected chi connectivity index (χ4v) is 2.51. The second kappa shape index (κ2) is 8.95. The summed E-state index contributed by atoms with van der Waals surface area (Å²) in [4.78, 5) is 48.5. The zero-order valence-electron chi connectivity index (χ0n) is 14.8. The van der Waals surface area contributed by atoms with Gasteiger partial charge in [-0.2, -0.15) is 0 Å². The number of hydrogen-bond acceptors (Lipinski definition) is 5. The first kappa shape index (κ1) is 19.4. The van der Waals surface area contributed by atoms with Gasteiger partial charge in [0.2, 0.25) is 5.91 Å². The van der Waals surface area contributed by atoms with Crippen LogP contribution in [0.25, 0.3) is 0 Å². The van der Waals surface area contributed by atoms with Gasteiger partial charge < -0.3 is 20.3 Å². The quantitative estimate of drug-likeness (QED) is 0.603. The van der Waals surface area contributed by atoms with Crippen molar-refractivity contribution in [1.29, 1.82) is 0 Å². The van der Waals surface area contributed by atoms with E-state index in [0.29, 0.717) is 17.9 Å². The van der Waals surface area contributed by atoms with Gasteiger partial charge in [-0.15, -0.1) is 0 Å². The van der Waals surface area contributed by atoms with Crippen molar-refractivity contribution in [1.82, 2.24) is 4.90 Å². The smallest absolute Gasteiger partial charge is 0.416 e. The maximum absolute atomic E-state index is 12.2. The Hall–Kier alpha value is -2.94. The molecule has 1 atom stereocenters. The molecule has 0 aliphatic carbocycles. The number of rotatable bonds is 7. The molecule has 1 fully saturated rings. The summed E-state index contributed by atoms with van der Waals surface area (Å²) < 4.78 is 4.75. The first-order chi connectivity index (χ1) is 12.4. The van der Waals surface area contributed by atoms with Gasteiger partial charge >= 0.3 is 6.09 Å². The van der Waals surface area contributed by atoms with E-state index in [1.54, 1.807) is 24.3 Å². The Balaban J connectivity index is 1.85. The lowest BCUT2D eigenvalue weighted by Gasteiger charge is -2.19. The third kappa shape index (κ3) is 5.55. The van der Waals surface area contributed by atoms with E-state index < -0.39 is 6.09 Å². The van der Waals surface area contributed by atoms with Crippen molar-refractivity contribution in [3.63, 3.8) is 0 Å². The van der Waals surface area contributed by atoms with Crippen molar-refractivity contribution in [3.05, 3.63) is 24.3 Å². The molecule has 1 saturated heterocycles. The van der Waals surface area contributed by atoms with E-state index in [1.165, 1.54) is 6.92 Å². The van der Waals surface area contributed by atoms with E-state index in [0.717, 1.165) is 9.80 Å². The van der Waals surface area contributed by atoms with Crippen LogP contribution in [-0.4, -0.2) is 61.5 Å². The van der Waals surface area contributed by atoms with Crippen molar-refractivity contribution in [2.24, 2.45) is 0 Å². The summed E-state index contributed by atoms with van der Waals surface area (Å²) in [5, 5.41) is 5.39. The number of ether oxygens (including phenoxy) is 1. The van der Waals surface area contributed by atoms with E-state index in [-0.39, 0.29) is 44.0 Å². The van der Waals surface area contributed by atoms with Crippen molar-refractivity contribution in [3.8, 4) is 0 Å². The molecule has 2 rings (SSSR count). The molecule has 140 valence electrons. The lowest BCUT2D eigenvalue weighted by molar-refractivity contribution is -0.881. The standard InChI is InChI=1S/C17H22N4O5/c1-3-20(11-16(24)21-8-9-26-17(21)25)10-15(23)19-14-6-4-13(5-7-14)18-12(2)22/h4-7H,3,8-11H2,1-2H3,(H,18,22)(H,19,23)/p+1. The van der Waals surface area contributed by atoms with Crippen molar-refractivity contribution >= 4 is 35.2 Å². The minimum atomic E-state index is -0.630. The van der Waals surface area contributed by atoms with E-state index in [9.17, 15) is 19.2 Å². The molecule has 0 radical (unpaired) electrons. The number of carbonyl (C=O) groups is 4. The van der Waals surface area contributed by atoms with Crippen LogP contribution >= 0.6 is 0 Å². The number of likely N-dealkylation sites (N-methyl/N-ethyl adjacent to an activating group) is 1. The maximum Gasteiger partial charge on any atom is 0.416 e. The number of cyclic esters (lactones) is 1. The highest BCUT2D eigenvalue weighted by atomic mass is 16.6. The second-order valence-electron chi connectivity index (χ2n) is 5.92. The van der Waals surface area contributed by atoms with Gasteiger partial charge in [0.15, 0.2) is 13.1 Å². The molecular formula is C17H23N4O5+. The third-order valence-electron chi connectivity index (χ3n) is 3.86.